The maximum absolute atomic E-state index is 7.01. The summed E-state index contributed by atoms with van der Waals surface area (Å²) in [7, 11) is 0. The lowest BCUT2D eigenvalue weighted by atomic mass is 10.1. The van der Waals surface area contributed by atoms with Crippen molar-refractivity contribution in [1.29, 1.82) is 5.41 Å². The molecule has 1 aromatic carbocycles. The summed E-state index contributed by atoms with van der Waals surface area (Å²) >= 11 is 0. The molecule has 0 amide bonds. The lowest BCUT2D eigenvalue weighted by Gasteiger charge is -2.13. The number of amidine groups is 1. The number of nitrogens with two attached hydrogens (primary N) is 2. The van der Waals surface area contributed by atoms with Crippen molar-refractivity contribution < 1.29 is 4.74 Å². The van der Waals surface area contributed by atoms with E-state index in [-0.39, 0.29) is 12.1 Å². The van der Waals surface area contributed by atoms with E-state index in [4.69, 9.17) is 21.6 Å². The van der Waals surface area contributed by atoms with Crippen LogP contribution in [0.5, 0.6) is 0 Å². The van der Waals surface area contributed by atoms with E-state index in [9.17, 15) is 0 Å². The number of benzene rings is 1. The molecule has 0 aromatic heterocycles. The molecule has 1 rings (SSSR count). The highest BCUT2D eigenvalue weighted by atomic mass is 16.5. The Bertz CT molecular complexity index is 400. The first-order chi connectivity index (χ1) is 8.61. The van der Waals surface area contributed by atoms with Crippen molar-refractivity contribution in [1.82, 2.24) is 5.32 Å². The Morgan fingerprint density at radius 3 is 2.56 bits per heavy atom. The van der Waals surface area contributed by atoms with E-state index in [0.717, 1.165) is 11.1 Å². The van der Waals surface area contributed by atoms with Crippen molar-refractivity contribution in [2.45, 2.75) is 26.3 Å². The van der Waals surface area contributed by atoms with Gasteiger partial charge in [-0.1, -0.05) is 24.3 Å². The first-order valence-electron chi connectivity index (χ1n) is 5.78. The van der Waals surface area contributed by atoms with Gasteiger partial charge in [0.15, 0.2) is 0 Å². The van der Waals surface area contributed by atoms with Crippen molar-refractivity contribution in [3.63, 3.8) is 0 Å². The maximum Gasteiger partial charge on any atom is 0.124 e. The quantitative estimate of drug-likeness (QED) is 0.329. The van der Waals surface area contributed by atoms with Crippen molar-refractivity contribution in [3.8, 4) is 0 Å². The lowest BCUT2D eigenvalue weighted by molar-refractivity contribution is 0.0397. The third-order valence-electron chi connectivity index (χ3n) is 2.35. The molecule has 0 spiro atoms. The van der Waals surface area contributed by atoms with Crippen LogP contribution >= 0.6 is 0 Å². The van der Waals surface area contributed by atoms with Crippen LogP contribution in [0.15, 0.2) is 36.5 Å². The molecule has 0 aliphatic carbocycles. The van der Waals surface area contributed by atoms with Gasteiger partial charge in [-0.2, -0.15) is 0 Å². The summed E-state index contributed by atoms with van der Waals surface area (Å²) in [5.74, 6) is 0.00655. The second kappa shape index (κ2) is 7.47. The van der Waals surface area contributed by atoms with Crippen LogP contribution in [0.4, 0.5) is 0 Å². The molecule has 0 saturated heterocycles. The molecule has 0 saturated carbocycles. The molecule has 0 heterocycles. The van der Waals surface area contributed by atoms with Crippen LogP contribution in [0.1, 0.15) is 18.1 Å². The van der Waals surface area contributed by atoms with E-state index >= 15 is 0 Å². The predicted octanol–water partition coefficient (Wildman–Crippen LogP) is 1.05. The van der Waals surface area contributed by atoms with Crippen LogP contribution in [-0.4, -0.2) is 12.1 Å². The van der Waals surface area contributed by atoms with Gasteiger partial charge >= 0.3 is 0 Å². The van der Waals surface area contributed by atoms with Crippen LogP contribution in [0.25, 0.3) is 0 Å². The zero-order chi connectivity index (χ0) is 13.4. The normalized spacial score (nSPS) is 12.6. The smallest absolute Gasteiger partial charge is 0.124 e. The highest BCUT2D eigenvalue weighted by Gasteiger charge is 1.99. The third-order valence-corrected chi connectivity index (χ3v) is 2.35. The Kier molecular flexibility index (Phi) is 5.90. The number of rotatable bonds is 7. The average Bonchev–Trinajstić information content (AvgIpc) is 2.36. The summed E-state index contributed by atoms with van der Waals surface area (Å²) in [5.41, 5.74) is 12.9. The number of hydrogen-bond donors (Lipinski definition) is 4. The van der Waals surface area contributed by atoms with Gasteiger partial charge in [0, 0.05) is 12.7 Å². The van der Waals surface area contributed by atoms with Crippen molar-refractivity contribution in [3.05, 3.63) is 47.7 Å². The van der Waals surface area contributed by atoms with Crippen LogP contribution in [-0.2, 0) is 17.9 Å². The van der Waals surface area contributed by atoms with Crippen molar-refractivity contribution in [2.75, 3.05) is 0 Å². The molecule has 5 nitrogen and oxygen atoms in total. The third kappa shape index (κ3) is 5.47. The topological polar surface area (TPSA) is 97.2 Å². The van der Waals surface area contributed by atoms with Gasteiger partial charge in [-0.15, -0.1) is 0 Å². The first-order valence-corrected chi connectivity index (χ1v) is 5.78. The van der Waals surface area contributed by atoms with E-state index in [1.807, 2.05) is 31.2 Å². The zero-order valence-corrected chi connectivity index (χ0v) is 10.5. The molecule has 0 fully saturated rings. The molecule has 18 heavy (non-hydrogen) atoms. The molecular formula is C13H20N4O. The summed E-state index contributed by atoms with van der Waals surface area (Å²) < 4.78 is 5.58. The summed E-state index contributed by atoms with van der Waals surface area (Å²) in [6, 6.07) is 7.99. The number of nitrogens with one attached hydrogen (secondary N) is 2. The highest BCUT2D eigenvalue weighted by Crippen LogP contribution is 2.06. The maximum atomic E-state index is 7.01. The van der Waals surface area contributed by atoms with Crippen LogP contribution < -0.4 is 16.8 Å². The fourth-order valence-electron chi connectivity index (χ4n) is 1.31. The van der Waals surface area contributed by atoms with Crippen LogP contribution in [0, 0.1) is 5.41 Å². The van der Waals surface area contributed by atoms with E-state index in [1.165, 1.54) is 6.08 Å². The molecule has 0 radical (unpaired) electrons. The molecule has 0 aliphatic rings. The summed E-state index contributed by atoms with van der Waals surface area (Å²) in [6.07, 6.45) is 2.93. The van der Waals surface area contributed by atoms with Gasteiger partial charge in [-0.05, 0) is 24.1 Å². The number of hydrogen-bond acceptors (Lipinski definition) is 4. The fourth-order valence-corrected chi connectivity index (χ4v) is 1.31. The molecule has 6 N–H and O–H groups in total. The minimum absolute atomic E-state index is 0.00655. The summed E-state index contributed by atoms with van der Waals surface area (Å²) in [4.78, 5) is 0. The average molecular weight is 248 g/mol. The molecule has 0 bridgehead atoms. The summed E-state index contributed by atoms with van der Waals surface area (Å²) in [6.45, 7) is 2.96. The SMILES string of the molecule is CC(NC=CC(=N)N)OCc1ccc(CN)cc1. The largest absolute Gasteiger partial charge is 0.384 e. The molecule has 98 valence electrons. The van der Waals surface area contributed by atoms with Gasteiger partial charge in [0.25, 0.3) is 0 Å². The Morgan fingerprint density at radius 2 is 2.00 bits per heavy atom. The summed E-state index contributed by atoms with van der Waals surface area (Å²) in [5, 5.41) is 9.98. The van der Waals surface area contributed by atoms with Crippen molar-refractivity contribution >= 4 is 5.84 Å². The predicted molar refractivity (Wildman–Crippen MR) is 72.8 cm³/mol. The Hall–Kier alpha value is -1.85. The molecular weight excluding hydrogens is 228 g/mol. The van der Waals surface area contributed by atoms with Gasteiger partial charge in [0.1, 0.15) is 12.1 Å². The van der Waals surface area contributed by atoms with Gasteiger partial charge in [0.2, 0.25) is 0 Å². The standard InChI is InChI=1S/C13H20N4O/c1-10(17-7-6-13(15)16)18-9-12-4-2-11(8-14)3-5-12/h2-7,10,17H,8-9,14H2,1H3,(H3,15,16). The van der Waals surface area contributed by atoms with Gasteiger partial charge < -0.3 is 21.5 Å². The van der Waals surface area contributed by atoms with E-state index < -0.39 is 0 Å². The second-order valence-corrected chi connectivity index (χ2v) is 3.93. The Labute approximate surface area is 107 Å². The Balaban J connectivity index is 2.32. The highest BCUT2D eigenvalue weighted by molar-refractivity contribution is 5.88. The van der Waals surface area contributed by atoms with Crippen LogP contribution in [0.2, 0.25) is 0 Å². The van der Waals surface area contributed by atoms with E-state index in [0.29, 0.717) is 13.2 Å². The van der Waals surface area contributed by atoms with E-state index in [2.05, 4.69) is 5.32 Å². The molecule has 1 atom stereocenters. The van der Waals surface area contributed by atoms with Gasteiger partial charge in [-0.3, -0.25) is 5.41 Å². The molecule has 1 unspecified atom stereocenters. The monoisotopic (exact) mass is 248 g/mol. The van der Waals surface area contributed by atoms with Gasteiger partial charge in [-0.25, -0.2) is 0 Å². The molecule has 5 heteroatoms. The van der Waals surface area contributed by atoms with Gasteiger partial charge in [0.05, 0.1) is 6.61 Å². The first kappa shape index (κ1) is 14.2. The lowest BCUT2D eigenvalue weighted by Crippen LogP contribution is -2.24. The minimum atomic E-state index is -0.144. The Morgan fingerprint density at radius 1 is 1.39 bits per heavy atom. The molecule has 0 aliphatic heterocycles. The number of ether oxygens (including phenoxy) is 1. The van der Waals surface area contributed by atoms with Crippen LogP contribution in [0.3, 0.4) is 0 Å². The second-order valence-electron chi connectivity index (χ2n) is 3.93. The van der Waals surface area contributed by atoms with Crippen molar-refractivity contribution in [2.24, 2.45) is 11.5 Å². The van der Waals surface area contributed by atoms with E-state index in [1.54, 1.807) is 6.20 Å². The molecule has 1 aromatic rings. The fraction of sp³-hybridized carbons (Fsp3) is 0.308. The minimum Gasteiger partial charge on any atom is -0.384 e. The zero-order valence-electron chi connectivity index (χ0n) is 10.5.